The molecular formula is C22H25NO4S. The predicted octanol–water partition coefficient (Wildman–Crippen LogP) is 3.86. The Labute approximate surface area is 169 Å². The molecule has 1 amide bonds. The number of amides is 1. The van der Waals surface area contributed by atoms with Crippen LogP contribution in [0.2, 0.25) is 0 Å². The Balaban J connectivity index is 1.49. The molecule has 0 spiro atoms. The van der Waals surface area contributed by atoms with Gasteiger partial charge in [0.25, 0.3) is 5.91 Å². The van der Waals surface area contributed by atoms with Gasteiger partial charge in [-0.2, -0.15) is 0 Å². The summed E-state index contributed by atoms with van der Waals surface area (Å²) in [6, 6.07) is 15.7. The number of ether oxygens (including phenoxy) is 1. The minimum absolute atomic E-state index is 0.111. The number of carboxylic acid groups (broad SMARTS) is 1. The Morgan fingerprint density at radius 2 is 1.89 bits per heavy atom. The van der Waals surface area contributed by atoms with E-state index < -0.39 is 12.1 Å². The van der Waals surface area contributed by atoms with E-state index in [9.17, 15) is 14.7 Å². The molecule has 0 saturated carbocycles. The molecule has 0 fully saturated rings. The van der Waals surface area contributed by atoms with Crippen molar-refractivity contribution in [1.29, 1.82) is 0 Å². The molecule has 1 aliphatic heterocycles. The first-order chi connectivity index (χ1) is 13.6. The molecule has 0 saturated heterocycles. The Morgan fingerprint density at radius 1 is 1.18 bits per heavy atom. The van der Waals surface area contributed by atoms with Gasteiger partial charge in [-0.1, -0.05) is 36.4 Å². The first-order valence-electron chi connectivity index (χ1n) is 9.51. The van der Waals surface area contributed by atoms with Crippen LogP contribution in [-0.2, 0) is 22.4 Å². The van der Waals surface area contributed by atoms with Gasteiger partial charge in [-0.3, -0.25) is 4.79 Å². The SMILES string of the molecule is CCOC(Cc1ccc(CCCN2CSc3ccccc3C2=O)cc1)C(=O)O. The molecule has 5 nitrogen and oxygen atoms in total. The van der Waals surface area contributed by atoms with Crippen molar-refractivity contribution in [2.75, 3.05) is 19.0 Å². The highest BCUT2D eigenvalue weighted by Gasteiger charge is 2.23. The van der Waals surface area contributed by atoms with E-state index in [-0.39, 0.29) is 5.91 Å². The molecule has 2 aromatic rings. The van der Waals surface area contributed by atoms with E-state index in [4.69, 9.17) is 4.74 Å². The number of fused-ring (bicyclic) bond motifs is 1. The van der Waals surface area contributed by atoms with Crippen molar-refractivity contribution >= 4 is 23.6 Å². The lowest BCUT2D eigenvalue weighted by Crippen LogP contribution is -2.34. The molecule has 1 unspecified atom stereocenters. The summed E-state index contributed by atoms with van der Waals surface area (Å²) in [7, 11) is 0. The second-order valence-corrected chi connectivity index (χ2v) is 7.73. The highest BCUT2D eigenvalue weighted by Crippen LogP contribution is 2.30. The summed E-state index contributed by atoms with van der Waals surface area (Å²) in [5.74, 6) is -0.125. The molecule has 0 bridgehead atoms. The summed E-state index contributed by atoms with van der Waals surface area (Å²) in [4.78, 5) is 26.7. The lowest BCUT2D eigenvalue weighted by Gasteiger charge is -2.28. The van der Waals surface area contributed by atoms with Crippen molar-refractivity contribution in [2.45, 2.75) is 37.2 Å². The number of carbonyl (C=O) groups is 2. The van der Waals surface area contributed by atoms with Crippen molar-refractivity contribution in [3.8, 4) is 0 Å². The monoisotopic (exact) mass is 399 g/mol. The third-order valence-electron chi connectivity index (χ3n) is 4.76. The maximum atomic E-state index is 12.6. The molecular weight excluding hydrogens is 374 g/mol. The molecule has 148 valence electrons. The van der Waals surface area contributed by atoms with Crippen LogP contribution < -0.4 is 0 Å². The normalized spacial score (nSPS) is 14.6. The van der Waals surface area contributed by atoms with Crippen molar-refractivity contribution in [3.63, 3.8) is 0 Å². The van der Waals surface area contributed by atoms with Crippen molar-refractivity contribution < 1.29 is 19.4 Å². The van der Waals surface area contributed by atoms with E-state index in [2.05, 4.69) is 0 Å². The molecule has 1 aliphatic rings. The van der Waals surface area contributed by atoms with Crippen LogP contribution in [0.3, 0.4) is 0 Å². The molecule has 1 heterocycles. The average molecular weight is 400 g/mol. The van der Waals surface area contributed by atoms with Gasteiger partial charge in [0, 0.05) is 24.5 Å². The van der Waals surface area contributed by atoms with Gasteiger partial charge in [-0.15, -0.1) is 11.8 Å². The largest absolute Gasteiger partial charge is 0.479 e. The molecule has 0 radical (unpaired) electrons. The Hall–Kier alpha value is -2.31. The second kappa shape index (κ2) is 9.75. The van der Waals surface area contributed by atoms with Crippen LogP contribution in [0.5, 0.6) is 0 Å². The van der Waals surface area contributed by atoms with E-state index in [1.54, 1.807) is 18.7 Å². The first-order valence-corrected chi connectivity index (χ1v) is 10.5. The highest BCUT2D eigenvalue weighted by atomic mass is 32.2. The molecule has 0 aromatic heterocycles. The first kappa shape index (κ1) is 20.4. The number of thioether (sulfide) groups is 1. The van der Waals surface area contributed by atoms with Gasteiger partial charge in [-0.05, 0) is 43.0 Å². The third kappa shape index (κ3) is 5.14. The smallest absolute Gasteiger partial charge is 0.333 e. The van der Waals surface area contributed by atoms with E-state index in [1.165, 1.54) is 5.56 Å². The van der Waals surface area contributed by atoms with Crippen molar-refractivity contribution in [1.82, 2.24) is 4.90 Å². The minimum atomic E-state index is -0.934. The minimum Gasteiger partial charge on any atom is -0.479 e. The van der Waals surface area contributed by atoms with E-state index in [1.807, 2.05) is 53.4 Å². The van der Waals surface area contributed by atoms with Gasteiger partial charge in [-0.25, -0.2) is 4.79 Å². The van der Waals surface area contributed by atoms with E-state index >= 15 is 0 Å². The number of rotatable bonds is 9. The Bertz CT molecular complexity index is 822. The fourth-order valence-corrected chi connectivity index (χ4v) is 4.29. The van der Waals surface area contributed by atoms with Crippen LogP contribution in [0.25, 0.3) is 0 Å². The quantitative estimate of drug-likeness (QED) is 0.694. The molecule has 1 atom stereocenters. The number of carboxylic acids is 1. The number of nitrogens with zero attached hydrogens (tertiary/aromatic N) is 1. The van der Waals surface area contributed by atoms with Crippen LogP contribution in [0.15, 0.2) is 53.4 Å². The van der Waals surface area contributed by atoms with Gasteiger partial charge < -0.3 is 14.7 Å². The van der Waals surface area contributed by atoms with Crippen LogP contribution in [0.4, 0.5) is 0 Å². The maximum Gasteiger partial charge on any atom is 0.333 e. The predicted molar refractivity (Wildman–Crippen MR) is 110 cm³/mol. The zero-order valence-corrected chi connectivity index (χ0v) is 16.8. The number of aryl methyl sites for hydroxylation is 1. The second-order valence-electron chi connectivity index (χ2n) is 6.74. The summed E-state index contributed by atoms with van der Waals surface area (Å²) in [6.45, 7) is 2.91. The van der Waals surface area contributed by atoms with Crippen molar-refractivity contribution in [3.05, 3.63) is 65.2 Å². The summed E-state index contributed by atoms with van der Waals surface area (Å²) >= 11 is 1.71. The van der Waals surface area contributed by atoms with Gasteiger partial charge in [0.05, 0.1) is 11.4 Å². The number of hydrogen-bond donors (Lipinski definition) is 1. The number of benzene rings is 2. The molecule has 2 aromatic carbocycles. The van der Waals surface area contributed by atoms with E-state index in [0.717, 1.165) is 35.4 Å². The average Bonchev–Trinajstić information content (AvgIpc) is 2.70. The Kier molecular flexibility index (Phi) is 7.12. The van der Waals surface area contributed by atoms with Crippen LogP contribution in [0.1, 0.15) is 34.8 Å². The molecule has 28 heavy (non-hydrogen) atoms. The molecule has 1 N–H and O–H groups in total. The maximum absolute atomic E-state index is 12.6. The van der Waals surface area contributed by atoms with Gasteiger partial charge in [0.1, 0.15) is 0 Å². The number of carbonyl (C=O) groups excluding carboxylic acids is 1. The lowest BCUT2D eigenvalue weighted by molar-refractivity contribution is -0.149. The zero-order chi connectivity index (χ0) is 19.9. The van der Waals surface area contributed by atoms with Crippen molar-refractivity contribution in [2.24, 2.45) is 0 Å². The summed E-state index contributed by atoms with van der Waals surface area (Å²) in [6.07, 6.45) is 1.33. The lowest BCUT2D eigenvalue weighted by atomic mass is 10.0. The van der Waals surface area contributed by atoms with Gasteiger partial charge in [0.2, 0.25) is 0 Å². The number of aliphatic carboxylic acids is 1. The summed E-state index contributed by atoms with van der Waals surface area (Å²) in [5.41, 5.74) is 2.93. The van der Waals surface area contributed by atoms with E-state index in [0.29, 0.717) is 18.9 Å². The van der Waals surface area contributed by atoms with Crippen LogP contribution in [-0.4, -0.2) is 47.0 Å². The fourth-order valence-electron chi connectivity index (χ4n) is 3.26. The summed E-state index contributed by atoms with van der Waals surface area (Å²) < 4.78 is 5.27. The van der Waals surface area contributed by atoms with Crippen LogP contribution >= 0.6 is 11.8 Å². The zero-order valence-electron chi connectivity index (χ0n) is 16.0. The molecule has 0 aliphatic carbocycles. The van der Waals surface area contributed by atoms with Gasteiger partial charge in [0.15, 0.2) is 6.10 Å². The van der Waals surface area contributed by atoms with Gasteiger partial charge >= 0.3 is 5.97 Å². The third-order valence-corrected chi connectivity index (χ3v) is 5.87. The highest BCUT2D eigenvalue weighted by molar-refractivity contribution is 7.99. The Morgan fingerprint density at radius 3 is 2.61 bits per heavy atom. The fraction of sp³-hybridized carbons (Fsp3) is 0.364. The topological polar surface area (TPSA) is 66.8 Å². The summed E-state index contributed by atoms with van der Waals surface area (Å²) in [5, 5.41) is 9.18. The molecule has 6 heteroatoms. The molecule has 3 rings (SSSR count). The van der Waals surface area contributed by atoms with Crippen LogP contribution in [0, 0.1) is 0 Å². The number of hydrogen-bond acceptors (Lipinski definition) is 4. The standard InChI is InChI=1S/C22H25NO4S/c1-2-27-19(22(25)26)14-17-11-9-16(10-12-17)6-5-13-23-15-28-20-8-4-3-7-18(20)21(23)24/h3-4,7-12,19H,2,5-6,13-15H2,1H3,(H,25,26).